The second kappa shape index (κ2) is 9.23. The van der Waals surface area contributed by atoms with Crippen molar-refractivity contribution in [2.75, 3.05) is 22.5 Å². The molecule has 1 N–H and O–H groups in total. The van der Waals surface area contributed by atoms with Crippen molar-refractivity contribution in [1.29, 1.82) is 0 Å². The summed E-state index contributed by atoms with van der Waals surface area (Å²) in [5.74, 6) is -2.17. The molecule has 7 nitrogen and oxygen atoms in total. The largest absolute Gasteiger partial charge is 0.462 e. The molecule has 0 fully saturated rings. The van der Waals surface area contributed by atoms with Crippen molar-refractivity contribution in [3.05, 3.63) is 58.9 Å². The molecule has 0 aromatic heterocycles. The molecule has 1 amide bonds. The van der Waals surface area contributed by atoms with E-state index in [4.69, 9.17) is 16.3 Å². The summed E-state index contributed by atoms with van der Waals surface area (Å²) < 4.78 is 44.3. The maximum Gasteiger partial charge on any atom is 0.339 e. The van der Waals surface area contributed by atoms with Crippen molar-refractivity contribution in [2.45, 2.75) is 19.9 Å². The van der Waals surface area contributed by atoms with E-state index in [-0.39, 0.29) is 28.6 Å². The predicted octanol–water partition coefficient (Wildman–Crippen LogP) is 3.45. The molecule has 0 aliphatic rings. The minimum absolute atomic E-state index is 0.0491. The minimum atomic E-state index is -3.98. The lowest BCUT2D eigenvalue weighted by Crippen LogP contribution is -2.45. The Morgan fingerprint density at radius 2 is 1.90 bits per heavy atom. The topological polar surface area (TPSA) is 92.8 Å². The number of ether oxygens (including phenoxy) is 1. The number of nitrogens with one attached hydrogen (secondary N) is 1. The summed E-state index contributed by atoms with van der Waals surface area (Å²) in [7, 11) is -3.98. The summed E-state index contributed by atoms with van der Waals surface area (Å²) in [6, 6.07) is 8.13. The van der Waals surface area contributed by atoms with Gasteiger partial charge in [0.1, 0.15) is 11.9 Å². The molecule has 2 aromatic rings. The van der Waals surface area contributed by atoms with Crippen LogP contribution >= 0.6 is 11.6 Å². The number of hydrogen-bond acceptors (Lipinski definition) is 5. The highest BCUT2D eigenvalue weighted by molar-refractivity contribution is 7.92. The Morgan fingerprint density at radius 3 is 2.48 bits per heavy atom. The molecule has 0 unspecified atom stereocenters. The van der Waals surface area contributed by atoms with E-state index < -0.39 is 33.8 Å². The van der Waals surface area contributed by atoms with E-state index in [0.717, 1.165) is 12.3 Å². The Morgan fingerprint density at radius 1 is 1.24 bits per heavy atom. The first-order valence-electron chi connectivity index (χ1n) is 8.57. The summed E-state index contributed by atoms with van der Waals surface area (Å²) in [5.41, 5.74) is 0.00491. The molecule has 0 aliphatic heterocycles. The number of carbonyl (C=O) groups excluding carboxylic acids is 2. The van der Waals surface area contributed by atoms with Gasteiger partial charge in [-0.2, -0.15) is 0 Å². The quantitative estimate of drug-likeness (QED) is 0.663. The standard InChI is InChI=1S/C19H20ClFN2O5S/c1-4-28-19(25)14-11-13(9-10-15(14)20)22-18(24)12(2)23(29(3,26)27)17-8-6-5-7-16(17)21/h5-12H,4H2,1-3H3,(H,22,24)/t12-/m1/s1. The van der Waals surface area contributed by atoms with Gasteiger partial charge in [0, 0.05) is 5.69 Å². The molecule has 0 spiro atoms. The fourth-order valence-corrected chi connectivity index (χ4v) is 4.00. The molecule has 0 saturated heterocycles. The van der Waals surface area contributed by atoms with Crippen LogP contribution in [0.2, 0.25) is 5.02 Å². The Bertz CT molecular complexity index is 1030. The molecule has 156 valence electrons. The number of carbonyl (C=O) groups is 2. The molecular formula is C19H20ClFN2O5S. The maximum absolute atomic E-state index is 14.2. The number of anilines is 2. The van der Waals surface area contributed by atoms with Gasteiger partial charge in [0.25, 0.3) is 0 Å². The summed E-state index contributed by atoms with van der Waals surface area (Å²) >= 11 is 5.99. The zero-order chi connectivity index (χ0) is 21.8. The highest BCUT2D eigenvalue weighted by Crippen LogP contribution is 2.26. The van der Waals surface area contributed by atoms with Crippen LogP contribution in [0.15, 0.2) is 42.5 Å². The smallest absolute Gasteiger partial charge is 0.339 e. The van der Waals surface area contributed by atoms with Gasteiger partial charge in [-0.1, -0.05) is 23.7 Å². The predicted molar refractivity (Wildman–Crippen MR) is 109 cm³/mol. The Kier molecular flexibility index (Phi) is 7.21. The summed E-state index contributed by atoms with van der Waals surface area (Å²) in [4.78, 5) is 24.6. The average molecular weight is 443 g/mol. The number of esters is 1. The average Bonchev–Trinajstić information content (AvgIpc) is 2.64. The third kappa shape index (κ3) is 5.45. The van der Waals surface area contributed by atoms with Gasteiger partial charge in [-0.3, -0.25) is 9.10 Å². The summed E-state index contributed by atoms with van der Waals surface area (Å²) in [6.07, 6.45) is 0.879. The van der Waals surface area contributed by atoms with E-state index in [2.05, 4.69) is 5.32 Å². The number of nitrogens with zero attached hydrogens (tertiary/aromatic N) is 1. The van der Waals surface area contributed by atoms with Gasteiger partial charge in [0.05, 0.1) is 29.1 Å². The van der Waals surface area contributed by atoms with Gasteiger partial charge in [0.15, 0.2) is 0 Å². The first-order valence-corrected chi connectivity index (χ1v) is 10.8. The third-order valence-corrected chi connectivity index (χ3v) is 5.46. The zero-order valence-corrected chi connectivity index (χ0v) is 17.6. The van der Waals surface area contributed by atoms with Crippen LogP contribution in [-0.4, -0.2) is 39.2 Å². The number of para-hydroxylation sites is 1. The minimum Gasteiger partial charge on any atom is -0.462 e. The van der Waals surface area contributed by atoms with Crippen molar-refractivity contribution in [1.82, 2.24) is 0 Å². The molecule has 0 saturated carbocycles. The second-order valence-electron chi connectivity index (χ2n) is 6.09. The van der Waals surface area contributed by atoms with Crippen molar-refractivity contribution < 1.29 is 27.1 Å². The van der Waals surface area contributed by atoms with E-state index in [9.17, 15) is 22.4 Å². The van der Waals surface area contributed by atoms with E-state index >= 15 is 0 Å². The highest BCUT2D eigenvalue weighted by atomic mass is 35.5. The molecule has 0 bridgehead atoms. The first kappa shape index (κ1) is 22.6. The van der Waals surface area contributed by atoms with Crippen molar-refractivity contribution >= 4 is 44.9 Å². The normalized spacial score (nSPS) is 12.2. The van der Waals surface area contributed by atoms with Crippen LogP contribution in [-0.2, 0) is 19.6 Å². The number of halogens is 2. The molecular weight excluding hydrogens is 423 g/mol. The lowest BCUT2D eigenvalue weighted by atomic mass is 10.2. The first-order chi connectivity index (χ1) is 13.6. The van der Waals surface area contributed by atoms with Gasteiger partial charge >= 0.3 is 5.97 Å². The monoisotopic (exact) mass is 442 g/mol. The Balaban J connectivity index is 2.33. The summed E-state index contributed by atoms with van der Waals surface area (Å²) in [6.45, 7) is 3.11. The Labute approximate surface area is 173 Å². The lowest BCUT2D eigenvalue weighted by Gasteiger charge is -2.28. The highest BCUT2D eigenvalue weighted by Gasteiger charge is 2.31. The van der Waals surface area contributed by atoms with Gasteiger partial charge < -0.3 is 10.1 Å². The van der Waals surface area contributed by atoms with Crippen molar-refractivity contribution in [3.63, 3.8) is 0 Å². The molecule has 0 heterocycles. The van der Waals surface area contributed by atoms with Crippen LogP contribution in [0.25, 0.3) is 0 Å². The van der Waals surface area contributed by atoms with Crippen LogP contribution < -0.4 is 9.62 Å². The molecule has 10 heteroatoms. The number of hydrogen-bond donors (Lipinski definition) is 1. The number of amides is 1. The number of rotatable bonds is 7. The van der Waals surface area contributed by atoms with Crippen LogP contribution in [0, 0.1) is 5.82 Å². The fourth-order valence-electron chi connectivity index (χ4n) is 2.63. The maximum atomic E-state index is 14.2. The number of benzene rings is 2. The van der Waals surface area contributed by atoms with Gasteiger partial charge in [-0.25, -0.2) is 17.6 Å². The fraction of sp³-hybridized carbons (Fsp3) is 0.263. The zero-order valence-electron chi connectivity index (χ0n) is 16.0. The second-order valence-corrected chi connectivity index (χ2v) is 8.36. The van der Waals surface area contributed by atoms with Crippen LogP contribution in [0.3, 0.4) is 0 Å². The van der Waals surface area contributed by atoms with E-state index in [1.54, 1.807) is 6.92 Å². The molecule has 1 atom stereocenters. The van der Waals surface area contributed by atoms with Gasteiger partial charge in [-0.05, 0) is 44.2 Å². The molecule has 0 radical (unpaired) electrons. The third-order valence-electron chi connectivity index (χ3n) is 3.91. The van der Waals surface area contributed by atoms with Gasteiger partial charge in [-0.15, -0.1) is 0 Å². The number of sulfonamides is 1. The van der Waals surface area contributed by atoms with Crippen molar-refractivity contribution in [2.24, 2.45) is 0 Å². The van der Waals surface area contributed by atoms with Crippen LogP contribution in [0.4, 0.5) is 15.8 Å². The molecule has 2 aromatic carbocycles. The lowest BCUT2D eigenvalue weighted by molar-refractivity contribution is -0.116. The SMILES string of the molecule is CCOC(=O)c1cc(NC(=O)[C@@H](C)N(c2ccccc2F)S(C)(=O)=O)ccc1Cl. The molecule has 2 rings (SSSR count). The van der Waals surface area contributed by atoms with Gasteiger partial charge in [0.2, 0.25) is 15.9 Å². The van der Waals surface area contributed by atoms with Crippen molar-refractivity contribution in [3.8, 4) is 0 Å². The van der Waals surface area contributed by atoms with Crippen LogP contribution in [0.5, 0.6) is 0 Å². The summed E-state index contributed by atoms with van der Waals surface area (Å²) in [5, 5.41) is 2.65. The Hall–Kier alpha value is -2.65. The van der Waals surface area contributed by atoms with E-state index in [1.807, 2.05) is 0 Å². The van der Waals surface area contributed by atoms with E-state index in [0.29, 0.717) is 4.31 Å². The molecule has 0 aliphatic carbocycles. The van der Waals surface area contributed by atoms with Crippen LogP contribution in [0.1, 0.15) is 24.2 Å². The molecule has 29 heavy (non-hydrogen) atoms. The van der Waals surface area contributed by atoms with E-state index in [1.165, 1.54) is 43.3 Å².